The van der Waals surface area contributed by atoms with E-state index >= 15 is 0 Å². The number of rotatable bonds is 2. The van der Waals surface area contributed by atoms with Crippen LogP contribution in [0.15, 0.2) is 24.3 Å². The Morgan fingerprint density at radius 1 is 1.24 bits per heavy atom. The lowest BCUT2D eigenvalue weighted by atomic mass is 9.99. The van der Waals surface area contributed by atoms with Crippen LogP contribution in [0.25, 0.3) is 0 Å². The first-order valence-electron chi connectivity index (χ1n) is 6.11. The number of ether oxygens (including phenoxy) is 1. The Bertz CT molecular complexity index is 413. The molecule has 1 aromatic rings. The number of hydrogen-bond acceptors (Lipinski definition) is 2. The van der Waals surface area contributed by atoms with Crippen molar-refractivity contribution in [1.29, 1.82) is 5.26 Å². The molecule has 1 aliphatic carbocycles. The molecule has 0 bridgehead atoms. The van der Waals surface area contributed by atoms with Crippen LogP contribution >= 0.6 is 0 Å². The summed E-state index contributed by atoms with van der Waals surface area (Å²) in [4.78, 5) is 0. The second-order valence-corrected chi connectivity index (χ2v) is 4.49. The van der Waals surface area contributed by atoms with Crippen molar-refractivity contribution in [3.63, 3.8) is 0 Å². The second kappa shape index (κ2) is 5.67. The molecule has 17 heavy (non-hydrogen) atoms. The molecule has 1 saturated carbocycles. The third-order valence-electron chi connectivity index (χ3n) is 3.20. The molecular weight excluding hydrogens is 217 g/mol. The van der Waals surface area contributed by atoms with Crippen molar-refractivity contribution in [2.75, 3.05) is 0 Å². The monoisotopic (exact) mass is 233 g/mol. The van der Waals surface area contributed by atoms with Crippen LogP contribution in [0.1, 0.15) is 32.1 Å². The van der Waals surface area contributed by atoms with Crippen LogP contribution in [0, 0.1) is 23.1 Å². The van der Waals surface area contributed by atoms with Crippen molar-refractivity contribution in [2.24, 2.45) is 5.92 Å². The summed E-state index contributed by atoms with van der Waals surface area (Å²) < 4.78 is 18.8. The van der Waals surface area contributed by atoms with Gasteiger partial charge in [0.15, 0.2) is 0 Å². The van der Waals surface area contributed by atoms with Gasteiger partial charge in [-0.1, -0.05) is 18.9 Å². The lowest BCUT2D eigenvalue weighted by Gasteiger charge is -2.21. The third-order valence-corrected chi connectivity index (χ3v) is 3.20. The van der Waals surface area contributed by atoms with Crippen molar-refractivity contribution in [3.05, 3.63) is 30.1 Å². The molecule has 0 spiro atoms. The molecule has 1 fully saturated rings. The van der Waals surface area contributed by atoms with E-state index in [1.54, 1.807) is 12.1 Å². The van der Waals surface area contributed by atoms with Gasteiger partial charge >= 0.3 is 0 Å². The Morgan fingerprint density at radius 2 is 2.06 bits per heavy atom. The van der Waals surface area contributed by atoms with Crippen molar-refractivity contribution in [1.82, 2.24) is 0 Å². The largest absolute Gasteiger partial charge is 0.489 e. The topological polar surface area (TPSA) is 33.0 Å². The van der Waals surface area contributed by atoms with Crippen molar-refractivity contribution < 1.29 is 9.13 Å². The molecule has 90 valence electrons. The minimum absolute atomic E-state index is 0.0687. The molecule has 3 heteroatoms. The molecule has 2 unspecified atom stereocenters. The fourth-order valence-electron chi connectivity index (χ4n) is 2.28. The summed E-state index contributed by atoms with van der Waals surface area (Å²) in [6.07, 6.45) is 5.00. The molecule has 0 aliphatic heterocycles. The highest BCUT2D eigenvalue weighted by Crippen LogP contribution is 2.27. The molecule has 2 nitrogen and oxygen atoms in total. The molecule has 1 aliphatic rings. The SMILES string of the molecule is N#CC1CCCCCC1Oc1cccc(F)c1. The second-order valence-electron chi connectivity index (χ2n) is 4.49. The summed E-state index contributed by atoms with van der Waals surface area (Å²) in [5.74, 6) is 0.155. The summed E-state index contributed by atoms with van der Waals surface area (Å²) in [5.41, 5.74) is 0. The first-order chi connectivity index (χ1) is 8.29. The van der Waals surface area contributed by atoms with E-state index in [0.717, 1.165) is 32.1 Å². The highest BCUT2D eigenvalue weighted by atomic mass is 19.1. The lowest BCUT2D eigenvalue weighted by molar-refractivity contribution is 0.151. The number of nitriles is 1. The average Bonchev–Trinajstić information content (AvgIpc) is 2.54. The Hall–Kier alpha value is -1.56. The zero-order chi connectivity index (χ0) is 12.1. The molecule has 0 N–H and O–H groups in total. The van der Waals surface area contributed by atoms with Gasteiger partial charge in [-0.15, -0.1) is 0 Å². The Kier molecular flexibility index (Phi) is 3.98. The van der Waals surface area contributed by atoms with Crippen molar-refractivity contribution in [3.8, 4) is 11.8 Å². The lowest BCUT2D eigenvalue weighted by Crippen LogP contribution is -2.24. The van der Waals surface area contributed by atoms with Crippen molar-refractivity contribution in [2.45, 2.75) is 38.2 Å². The van der Waals surface area contributed by atoms with Gasteiger partial charge in [-0.3, -0.25) is 0 Å². The maximum Gasteiger partial charge on any atom is 0.126 e. The van der Waals surface area contributed by atoms with E-state index in [1.807, 2.05) is 0 Å². The molecule has 0 heterocycles. The first-order valence-corrected chi connectivity index (χ1v) is 6.11. The van der Waals surface area contributed by atoms with E-state index in [2.05, 4.69) is 6.07 Å². The summed E-state index contributed by atoms with van der Waals surface area (Å²) in [7, 11) is 0. The number of hydrogen-bond donors (Lipinski definition) is 0. The van der Waals surface area contributed by atoms with Gasteiger partial charge in [0.2, 0.25) is 0 Å². The van der Waals surface area contributed by atoms with E-state index < -0.39 is 0 Å². The Balaban J connectivity index is 2.07. The molecule has 1 aromatic carbocycles. The van der Waals surface area contributed by atoms with Gasteiger partial charge in [0.1, 0.15) is 17.7 Å². The number of benzene rings is 1. The van der Waals surface area contributed by atoms with Gasteiger partial charge in [-0.05, 0) is 31.4 Å². The van der Waals surface area contributed by atoms with Gasteiger partial charge in [0.05, 0.1) is 12.0 Å². The van der Waals surface area contributed by atoms with Crippen LogP contribution in [0.5, 0.6) is 5.75 Å². The zero-order valence-electron chi connectivity index (χ0n) is 9.73. The van der Waals surface area contributed by atoms with E-state index in [-0.39, 0.29) is 17.8 Å². The van der Waals surface area contributed by atoms with Crippen LogP contribution in [0.3, 0.4) is 0 Å². The Labute approximate surface area is 101 Å². The fraction of sp³-hybridized carbons (Fsp3) is 0.500. The standard InChI is InChI=1S/C14H16FNO/c15-12-6-4-7-13(9-12)17-14-8-3-1-2-5-11(14)10-16/h4,6-7,9,11,14H,1-3,5,8H2. The molecule has 0 amide bonds. The minimum Gasteiger partial charge on any atom is -0.489 e. The zero-order valence-corrected chi connectivity index (χ0v) is 9.73. The smallest absolute Gasteiger partial charge is 0.126 e. The van der Waals surface area contributed by atoms with E-state index in [9.17, 15) is 4.39 Å². The first kappa shape index (κ1) is 11.9. The van der Waals surface area contributed by atoms with Gasteiger partial charge in [-0.25, -0.2) is 4.39 Å². The third kappa shape index (κ3) is 3.20. The Morgan fingerprint density at radius 3 is 2.82 bits per heavy atom. The fourth-order valence-corrected chi connectivity index (χ4v) is 2.28. The summed E-state index contributed by atoms with van der Waals surface area (Å²) >= 11 is 0. The summed E-state index contributed by atoms with van der Waals surface area (Å²) in [6.45, 7) is 0. The quantitative estimate of drug-likeness (QED) is 0.730. The molecule has 0 radical (unpaired) electrons. The average molecular weight is 233 g/mol. The molecule has 2 rings (SSSR count). The predicted molar refractivity (Wildman–Crippen MR) is 63.0 cm³/mol. The maximum atomic E-state index is 13.0. The van der Waals surface area contributed by atoms with Crippen LogP contribution in [-0.2, 0) is 0 Å². The molecular formula is C14H16FNO. The van der Waals surface area contributed by atoms with Crippen LogP contribution in [-0.4, -0.2) is 6.10 Å². The highest BCUT2D eigenvalue weighted by Gasteiger charge is 2.25. The van der Waals surface area contributed by atoms with E-state index in [0.29, 0.717) is 5.75 Å². The summed E-state index contributed by atoms with van der Waals surface area (Å²) in [6, 6.07) is 8.44. The highest BCUT2D eigenvalue weighted by molar-refractivity contribution is 5.23. The van der Waals surface area contributed by atoms with Gasteiger partial charge in [-0.2, -0.15) is 5.26 Å². The minimum atomic E-state index is -0.301. The maximum absolute atomic E-state index is 13.0. The van der Waals surface area contributed by atoms with E-state index in [4.69, 9.17) is 10.00 Å². The van der Waals surface area contributed by atoms with Gasteiger partial charge < -0.3 is 4.74 Å². The van der Waals surface area contributed by atoms with Gasteiger partial charge in [0, 0.05) is 6.07 Å². The summed E-state index contributed by atoms with van der Waals surface area (Å²) in [5, 5.41) is 9.11. The molecule has 0 aromatic heterocycles. The predicted octanol–water partition coefficient (Wildman–Crippen LogP) is 3.68. The van der Waals surface area contributed by atoms with Gasteiger partial charge in [0.25, 0.3) is 0 Å². The van der Waals surface area contributed by atoms with Crippen LogP contribution in [0.2, 0.25) is 0 Å². The molecule has 2 atom stereocenters. The van der Waals surface area contributed by atoms with Crippen LogP contribution < -0.4 is 4.74 Å². The van der Waals surface area contributed by atoms with Crippen molar-refractivity contribution >= 4 is 0 Å². The van der Waals surface area contributed by atoms with Crippen LogP contribution in [0.4, 0.5) is 4.39 Å². The molecule has 0 saturated heterocycles. The number of nitrogens with zero attached hydrogens (tertiary/aromatic N) is 1. The number of halogens is 1. The normalized spacial score (nSPS) is 24.7. The van der Waals surface area contributed by atoms with E-state index in [1.165, 1.54) is 12.1 Å².